The van der Waals surface area contributed by atoms with E-state index in [-0.39, 0.29) is 12.3 Å². The summed E-state index contributed by atoms with van der Waals surface area (Å²) in [6, 6.07) is 6.33. The first-order chi connectivity index (χ1) is 8.02. The van der Waals surface area contributed by atoms with E-state index in [1.54, 1.807) is 6.07 Å². The summed E-state index contributed by atoms with van der Waals surface area (Å²) in [4.78, 5) is 0. The van der Waals surface area contributed by atoms with Gasteiger partial charge in [0, 0.05) is 6.20 Å². The second-order valence-electron chi connectivity index (χ2n) is 3.44. The Morgan fingerprint density at radius 3 is 2.65 bits per heavy atom. The van der Waals surface area contributed by atoms with Gasteiger partial charge in [-0.15, -0.1) is 0 Å². The highest BCUT2D eigenvalue weighted by atomic mass is 19.4. The van der Waals surface area contributed by atoms with Crippen molar-refractivity contribution in [2.24, 2.45) is 0 Å². The second-order valence-corrected chi connectivity index (χ2v) is 3.44. The fourth-order valence-electron chi connectivity index (χ4n) is 1.50. The van der Waals surface area contributed by atoms with Crippen LogP contribution < -0.4 is 0 Å². The van der Waals surface area contributed by atoms with Gasteiger partial charge in [-0.25, -0.2) is 4.68 Å². The smallest absolute Gasteiger partial charge is 0.390 e. The van der Waals surface area contributed by atoms with Gasteiger partial charge in [-0.05, 0) is 24.3 Å². The number of alkyl halides is 3. The van der Waals surface area contributed by atoms with Crippen LogP contribution in [0.25, 0.3) is 5.69 Å². The third-order valence-corrected chi connectivity index (χ3v) is 2.30. The molecular formula is C11H9F3N2O. The maximum absolute atomic E-state index is 12.5. The van der Waals surface area contributed by atoms with Crippen LogP contribution in [0.1, 0.15) is 11.3 Å². The van der Waals surface area contributed by atoms with Gasteiger partial charge in [0.1, 0.15) is 0 Å². The van der Waals surface area contributed by atoms with Crippen LogP contribution >= 0.6 is 0 Å². The highest BCUT2D eigenvalue weighted by molar-refractivity contribution is 5.37. The molecule has 0 saturated heterocycles. The molecule has 0 atom stereocenters. The molecule has 0 fully saturated rings. The Kier molecular flexibility index (Phi) is 2.89. The molecule has 6 heteroatoms. The van der Waals surface area contributed by atoms with Crippen LogP contribution in [0.2, 0.25) is 0 Å². The predicted octanol–water partition coefficient (Wildman–Crippen LogP) is 2.38. The zero-order chi connectivity index (χ0) is 12.5. The minimum atomic E-state index is -4.39. The highest BCUT2D eigenvalue weighted by Gasteiger charge is 2.30. The van der Waals surface area contributed by atoms with Crippen LogP contribution in [0.5, 0.6) is 0 Å². The largest absolute Gasteiger partial charge is 0.416 e. The fourth-order valence-corrected chi connectivity index (χ4v) is 1.50. The number of aliphatic hydroxyl groups excluding tert-OH is 1. The average Bonchev–Trinajstić information content (AvgIpc) is 2.76. The van der Waals surface area contributed by atoms with Crippen molar-refractivity contribution in [1.82, 2.24) is 9.78 Å². The first kappa shape index (κ1) is 11.7. The number of rotatable bonds is 2. The molecule has 17 heavy (non-hydrogen) atoms. The summed E-state index contributed by atoms with van der Waals surface area (Å²) in [7, 11) is 0. The fraction of sp³-hybridized carbons (Fsp3) is 0.182. The average molecular weight is 242 g/mol. The maximum atomic E-state index is 12.5. The van der Waals surface area contributed by atoms with E-state index < -0.39 is 11.7 Å². The lowest BCUT2D eigenvalue weighted by Crippen LogP contribution is -2.07. The van der Waals surface area contributed by atoms with Crippen LogP contribution in [0.15, 0.2) is 36.5 Å². The Bertz CT molecular complexity index is 519. The molecule has 0 aliphatic carbocycles. The Hall–Kier alpha value is -1.82. The maximum Gasteiger partial charge on any atom is 0.416 e. The summed E-state index contributed by atoms with van der Waals surface area (Å²) in [5.41, 5.74) is -0.0346. The number of aliphatic hydroxyl groups is 1. The van der Waals surface area contributed by atoms with Crippen LogP contribution in [0.3, 0.4) is 0 Å². The van der Waals surface area contributed by atoms with Crippen LogP contribution in [-0.2, 0) is 12.8 Å². The summed E-state index contributed by atoms with van der Waals surface area (Å²) in [5, 5.41) is 12.9. The lowest BCUT2D eigenvalue weighted by molar-refractivity contribution is -0.137. The zero-order valence-electron chi connectivity index (χ0n) is 8.65. The van der Waals surface area contributed by atoms with Gasteiger partial charge < -0.3 is 5.11 Å². The normalized spacial score (nSPS) is 11.8. The molecule has 1 aromatic heterocycles. The Morgan fingerprint density at radius 2 is 2.00 bits per heavy atom. The van der Waals surface area contributed by atoms with E-state index in [1.807, 2.05) is 0 Å². The number of hydrogen-bond acceptors (Lipinski definition) is 2. The third kappa shape index (κ3) is 2.31. The highest BCUT2D eigenvalue weighted by Crippen LogP contribution is 2.30. The molecule has 1 N–H and O–H groups in total. The van der Waals surface area contributed by atoms with Crippen molar-refractivity contribution in [3.05, 3.63) is 47.8 Å². The minimum absolute atomic E-state index is 0.272. The van der Waals surface area contributed by atoms with Gasteiger partial charge in [0.05, 0.1) is 23.6 Å². The van der Waals surface area contributed by atoms with Crippen molar-refractivity contribution < 1.29 is 18.3 Å². The molecule has 0 radical (unpaired) electrons. The standard InChI is InChI=1S/C11H9F3N2O/c12-11(13,14)8-2-1-3-9(6-8)16-10(7-17)4-5-15-16/h1-6,17H,7H2. The van der Waals surface area contributed by atoms with Crippen molar-refractivity contribution in [1.29, 1.82) is 0 Å². The third-order valence-electron chi connectivity index (χ3n) is 2.30. The van der Waals surface area contributed by atoms with Crippen molar-refractivity contribution in [2.45, 2.75) is 12.8 Å². The van der Waals surface area contributed by atoms with Crippen LogP contribution in [0.4, 0.5) is 13.2 Å². The van der Waals surface area contributed by atoms with Crippen molar-refractivity contribution in [2.75, 3.05) is 0 Å². The monoisotopic (exact) mass is 242 g/mol. The molecular weight excluding hydrogens is 233 g/mol. The van der Waals surface area contributed by atoms with Crippen molar-refractivity contribution >= 4 is 0 Å². The van der Waals surface area contributed by atoms with E-state index in [9.17, 15) is 13.2 Å². The van der Waals surface area contributed by atoms with E-state index in [0.29, 0.717) is 5.69 Å². The molecule has 0 aliphatic heterocycles. The quantitative estimate of drug-likeness (QED) is 0.878. The number of halogens is 3. The van der Waals surface area contributed by atoms with Gasteiger partial charge in [-0.2, -0.15) is 18.3 Å². The topological polar surface area (TPSA) is 38.1 Å². The number of benzene rings is 1. The predicted molar refractivity (Wildman–Crippen MR) is 54.5 cm³/mol. The van der Waals surface area contributed by atoms with Crippen molar-refractivity contribution in [3.8, 4) is 5.69 Å². The molecule has 1 aromatic carbocycles. The van der Waals surface area contributed by atoms with E-state index in [0.717, 1.165) is 12.1 Å². The van der Waals surface area contributed by atoms with Gasteiger partial charge in [-0.3, -0.25) is 0 Å². The van der Waals surface area contributed by atoms with Crippen LogP contribution in [0, 0.1) is 0 Å². The van der Waals surface area contributed by atoms with E-state index in [2.05, 4.69) is 5.10 Å². The van der Waals surface area contributed by atoms with Gasteiger partial charge in [-0.1, -0.05) is 6.07 Å². The minimum Gasteiger partial charge on any atom is -0.390 e. The molecule has 2 rings (SSSR count). The summed E-state index contributed by atoms with van der Waals surface area (Å²) < 4.78 is 38.8. The Morgan fingerprint density at radius 1 is 1.24 bits per heavy atom. The summed E-state index contributed by atoms with van der Waals surface area (Å²) >= 11 is 0. The molecule has 0 spiro atoms. The van der Waals surface area contributed by atoms with Gasteiger partial charge in [0.2, 0.25) is 0 Å². The molecule has 0 saturated carbocycles. The first-order valence-corrected chi connectivity index (χ1v) is 4.84. The molecule has 0 aliphatic rings. The first-order valence-electron chi connectivity index (χ1n) is 4.84. The summed E-state index contributed by atoms with van der Waals surface area (Å²) in [6.07, 6.45) is -2.96. The van der Waals surface area contributed by atoms with Gasteiger partial charge >= 0.3 is 6.18 Å². The molecule has 2 aromatic rings. The van der Waals surface area contributed by atoms with Crippen molar-refractivity contribution in [3.63, 3.8) is 0 Å². The van der Waals surface area contributed by atoms with E-state index in [1.165, 1.54) is 23.0 Å². The Labute approximate surface area is 95.1 Å². The van der Waals surface area contributed by atoms with Crippen LogP contribution in [-0.4, -0.2) is 14.9 Å². The number of aromatic nitrogens is 2. The zero-order valence-corrected chi connectivity index (χ0v) is 8.65. The lowest BCUT2D eigenvalue weighted by atomic mass is 10.2. The number of nitrogens with zero attached hydrogens (tertiary/aromatic N) is 2. The summed E-state index contributed by atoms with van der Waals surface area (Å²) in [5.74, 6) is 0. The molecule has 0 amide bonds. The number of hydrogen-bond donors (Lipinski definition) is 1. The van der Waals surface area contributed by atoms with Gasteiger partial charge in [0.25, 0.3) is 0 Å². The molecule has 1 heterocycles. The SMILES string of the molecule is OCc1ccnn1-c1cccc(C(F)(F)F)c1. The molecule has 0 unspecified atom stereocenters. The van der Waals surface area contributed by atoms with Gasteiger partial charge in [0.15, 0.2) is 0 Å². The lowest BCUT2D eigenvalue weighted by Gasteiger charge is -2.10. The molecule has 90 valence electrons. The van der Waals surface area contributed by atoms with E-state index >= 15 is 0 Å². The Balaban J connectivity index is 2.47. The van der Waals surface area contributed by atoms with E-state index in [4.69, 9.17) is 5.11 Å². The molecule has 3 nitrogen and oxygen atoms in total. The molecule has 0 bridgehead atoms. The second kappa shape index (κ2) is 4.21. The summed E-state index contributed by atoms with van der Waals surface area (Å²) in [6.45, 7) is -0.282.